The van der Waals surface area contributed by atoms with E-state index in [9.17, 15) is 18.4 Å². The molecule has 3 heterocycles. The van der Waals surface area contributed by atoms with E-state index in [-0.39, 0.29) is 23.6 Å². The van der Waals surface area contributed by atoms with Crippen molar-refractivity contribution in [2.75, 3.05) is 11.9 Å². The first-order valence-corrected chi connectivity index (χ1v) is 10.6. The van der Waals surface area contributed by atoms with E-state index in [0.29, 0.717) is 29.6 Å². The summed E-state index contributed by atoms with van der Waals surface area (Å²) in [5, 5.41) is 3.08. The van der Waals surface area contributed by atoms with E-state index in [2.05, 4.69) is 10.3 Å². The molecule has 0 spiro atoms. The third-order valence-electron chi connectivity index (χ3n) is 6.57. The minimum absolute atomic E-state index is 0.142. The summed E-state index contributed by atoms with van der Waals surface area (Å²) in [6.45, 7) is 2.52. The summed E-state index contributed by atoms with van der Waals surface area (Å²) in [7, 11) is 0. The molecule has 1 aromatic heterocycles. The first-order valence-electron chi connectivity index (χ1n) is 10.6. The quantitative estimate of drug-likeness (QED) is 0.631. The summed E-state index contributed by atoms with van der Waals surface area (Å²) < 4.78 is 28.4. The molecule has 2 aromatic carbocycles. The summed E-state index contributed by atoms with van der Waals surface area (Å²) in [5.41, 5.74) is 2.81. The molecule has 2 saturated heterocycles. The fourth-order valence-electron chi connectivity index (χ4n) is 4.96. The molecule has 2 N–H and O–H groups in total. The van der Waals surface area contributed by atoms with Gasteiger partial charge in [-0.15, -0.1) is 0 Å². The molecule has 0 aliphatic carbocycles. The molecular formula is C24H23F2N3O2. The molecule has 160 valence electrons. The van der Waals surface area contributed by atoms with Crippen LogP contribution in [-0.2, 0) is 4.79 Å². The lowest BCUT2D eigenvalue weighted by molar-refractivity contribution is -0.129. The van der Waals surface area contributed by atoms with Gasteiger partial charge in [0.05, 0.1) is 5.52 Å². The van der Waals surface area contributed by atoms with Crippen molar-refractivity contribution >= 4 is 28.4 Å². The van der Waals surface area contributed by atoms with Gasteiger partial charge in [0.15, 0.2) is 0 Å². The zero-order valence-electron chi connectivity index (χ0n) is 17.2. The Morgan fingerprint density at radius 1 is 1.16 bits per heavy atom. The normalized spacial score (nSPS) is 20.9. The molecule has 2 aliphatic heterocycles. The fourth-order valence-corrected chi connectivity index (χ4v) is 4.96. The van der Waals surface area contributed by atoms with Crippen LogP contribution < -0.4 is 5.32 Å². The molecule has 5 nitrogen and oxygen atoms in total. The number of nitrogens with one attached hydrogen (secondary N) is 2. The minimum atomic E-state index is -0.456. The largest absolute Gasteiger partial charge is 0.350 e. The second kappa shape index (κ2) is 7.48. The zero-order valence-corrected chi connectivity index (χ0v) is 17.2. The van der Waals surface area contributed by atoms with E-state index in [0.717, 1.165) is 30.4 Å². The Labute approximate surface area is 178 Å². The highest BCUT2D eigenvalue weighted by Crippen LogP contribution is 2.37. The van der Waals surface area contributed by atoms with Crippen LogP contribution in [0.3, 0.4) is 0 Å². The van der Waals surface area contributed by atoms with Gasteiger partial charge in [0.25, 0.3) is 5.91 Å². The van der Waals surface area contributed by atoms with Crippen molar-refractivity contribution in [3.8, 4) is 0 Å². The Kier molecular flexibility index (Phi) is 4.76. The molecule has 7 heteroatoms. The molecule has 31 heavy (non-hydrogen) atoms. The molecule has 2 aliphatic rings. The van der Waals surface area contributed by atoms with Crippen LogP contribution in [0.5, 0.6) is 0 Å². The van der Waals surface area contributed by atoms with Gasteiger partial charge in [0, 0.05) is 30.1 Å². The van der Waals surface area contributed by atoms with Crippen LogP contribution in [-0.4, -0.2) is 34.3 Å². The van der Waals surface area contributed by atoms with Crippen molar-refractivity contribution in [1.82, 2.24) is 9.88 Å². The van der Waals surface area contributed by atoms with Crippen LogP contribution >= 0.6 is 0 Å². The molecule has 2 amide bonds. The van der Waals surface area contributed by atoms with Crippen LogP contribution in [0.2, 0.25) is 0 Å². The van der Waals surface area contributed by atoms with Gasteiger partial charge in [-0.2, -0.15) is 0 Å². The maximum atomic E-state index is 14.4. The Morgan fingerprint density at radius 2 is 2.00 bits per heavy atom. The number of hydrogen-bond donors (Lipinski definition) is 2. The second-order valence-corrected chi connectivity index (χ2v) is 8.56. The monoisotopic (exact) mass is 423 g/mol. The number of piperidine rings is 1. The van der Waals surface area contributed by atoms with E-state index >= 15 is 0 Å². The van der Waals surface area contributed by atoms with Crippen molar-refractivity contribution in [3.63, 3.8) is 0 Å². The number of H-pyrrole nitrogens is 1. The molecule has 0 radical (unpaired) electrons. The first kappa shape index (κ1) is 19.7. The van der Waals surface area contributed by atoms with Crippen molar-refractivity contribution in [3.05, 3.63) is 64.9 Å². The summed E-state index contributed by atoms with van der Waals surface area (Å²) >= 11 is 0. The second-order valence-electron chi connectivity index (χ2n) is 8.56. The SMILES string of the molecule is Cc1ccc(F)c2cc(C(=O)Nc3cc(F)cc([C@@H]4CCN5C(=O)CC[C@H]5C4)c3)[nH]c12. The van der Waals surface area contributed by atoms with E-state index in [4.69, 9.17) is 0 Å². The number of hydrogen-bond acceptors (Lipinski definition) is 2. The van der Waals surface area contributed by atoms with Crippen LogP contribution in [0.4, 0.5) is 14.5 Å². The van der Waals surface area contributed by atoms with E-state index in [1.54, 1.807) is 12.1 Å². The number of aryl methyl sites for hydroxylation is 1. The van der Waals surface area contributed by atoms with Crippen LogP contribution in [0.15, 0.2) is 36.4 Å². The summed E-state index contributed by atoms with van der Waals surface area (Å²) in [6, 6.07) is 9.30. The zero-order chi connectivity index (χ0) is 21.7. The van der Waals surface area contributed by atoms with Gasteiger partial charge in [-0.3, -0.25) is 9.59 Å². The molecule has 0 saturated carbocycles. The van der Waals surface area contributed by atoms with Crippen molar-refractivity contribution in [2.24, 2.45) is 0 Å². The smallest absolute Gasteiger partial charge is 0.272 e. The number of benzene rings is 2. The molecule has 3 aromatic rings. The Hall–Kier alpha value is -3.22. The van der Waals surface area contributed by atoms with Crippen LogP contribution in [0.25, 0.3) is 10.9 Å². The number of carbonyl (C=O) groups excluding carboxylic acids is 2. The van der Waals surface area contributed by atoms with Crippen LogP contribution in [0, 0.1) is 18.6 Å². The number of carbonyl (C=O) groups is 2. The lowest BCUT2D eigenvalue weighted by Crippen LogP contribution is -2.39. The number of aromatic amines is 1. The Bertz CT molecular complexity index is 1160. The number of halogens is 2. The number of amides is 2. The predicted octanol–water partition coefficient (Wildman–Crippen LogP) is 4.88. The molecule has 0 unspecified atom stereocenters. The highest BCUT2D eigenvalue weighted by molar-refractivity contribution is 6.06. The Morgan fingerprint density at radius 3 is 2.81 bits per heavy atom. The van der Waals surface area contributed by atoms with E-state index in [1.807, 2.05) is 11.8 Å². The summed E-state index contributed by atoms with van der Waals surface area (Å²) in [4.78, 5) is 29.6. The van der Waals surface area contributed by atoms with Gasteiger partial charge in [-0.1, -0.05) is 6.07 Å². The highest BCUT2D eigenvalue weighted by Gasteiger charge is 2.36. The number of fused-ring (bicyclic) bond motifs is 2. The lowest BCUT2D eigenvalue weighted by atomic mass is 9.85. The molecule has 0 bridgehead atoms. The maximum absolute atomic E-state index is 14.4. The first-order chi connectivity index (χ1) is 14.9. The maximum Gasteiger partial charge on any atom is 0.272 e. The number of rotatable bonds is 3. The third-order valence-corrected chi connectivity index (χ3v) is 6.57. The van der Waals surface area contributed by atoms with Gasteiger partial charge >= 0.3 is 0 Å². The van der Waals surface area contributed by atoms with Crippen LogP contribution in [0.1, 0.15) is 53.2 Å². The lowest BCUT2D eigenvalue weighted by Gasteiger charge is -2.35. The van der Waals surface area contributed by atoms with Gasteiger partial charge < -0.3 is 15.2 Å². The predicted molar refractivity (Wildman–Crippen MR) is 114 cm³/mol. The third kappa shape index (κ3) is 3.58. The number of nitrogens with zero attached hydrogens (tertiary/aromatic N) is 1. The minimum Gasteiger partial charge on any atom is -0.350 e. The fraction of sp³-hybridized carbons (Fsp3) is 0.333. The topological polar surface area (TPSA) is 65.2 Å². The summed E-state index contributed by atoms with van der Waals surface area (Å²) in [5.74, 6) is -0.927. The average Bonchev–Trinajstić information content (AvgIpc) is 3.35. The molecule has 2 atom stereocenters. The van der Waals surface area contributed by atoms with Crippen molar-refractivity contribution in [1.29, 1.82) is 0 Å². The van der Waals surface area contributed by atoms with Gasteiger partial charge in [-0.25, -0.2) is 8.78 Å². The molecule has 5 rings (SSSR count). The van der Waals surface area contributed by atoms with E-state index in [1.165, 1.54) is 24.3 Å². The van der Waals surface area contributed by atoms with Gasteiger partial charge in [0.1, 0.15) is 17.3 Å². The van der Waals surface area contributed by atoms with E-state index < -0.39 is 17.5 Å². The Balaban J connectivity index is 1.37. The number of aromatic nitrogens is 1. The van der Waals surface area contributed by atoms with Gasteiger partial charge in [-0.05, 0) is 73.6 Å². The highest BCUT2D eigenvalue weighted by atomic mass is 19.1. The average molecular weight is 423 g/mol. The molecule has 2 fully saturated rings. The van der Waals surface area contributed by atoms with Crippen molar-refractivity contribution < 1.29 is 18.4 Å². The summed E-state index contributed by atoms with van der Waals surface area (Å²) in [6.07, 6.45) is 3.03. The molecular weight excluding hydrogens is 400 g/mol. The number of anilines is 1. The standard InChI is InChI=1S/C24H23F2N3O2/c1-13-2-4-20(26)19-12-21(28-23(13)19)24(31)27-17-9-15(8-16(25)11-17)14-6-7-29-18(10-14)3-5-22(29)30/h2,4,8-9,11-12,14,18,28H,3,5-7,10H2,1H3,(H,27,31)/t14-,18+/m1/s1. The van der Waals surface area contributed by atoms with Crippen molar-refractivity contribution in [2.45, 2.75) is 44.6 Å². The van der Waals surface area contributed by atoms with Gasteiger partial charge in [0.2, 0.25) is 5.91 Å².